The number of carbonyl (C=O) groups is 2. The second-order valence-electron chi connectivity index (χ2n) is 4.16. The maximum atomic E-state index is 12.0. The summed E-state index contributed by atoms with van der Waals surface area (Å²) >= 11 is 1.26. The first-order valence-corrected chi connectivity index (χ1v) is 7.46. The largest absolute Gasteiger partial charge is 0.382 e. The summed E-state index contributed by atoms with van der Waals surface area (Å²) in [6, 6.07) is 0. The lowest BCUT2D eigenvalue weighted by Crippen LogP contribution is -2.28. The molecule has 0 aromatic carbocycles. The summed E-state index contributed by atoms with van der Waals surface area (Å²) in [7, 11) is 0. The number of primary amides is 1. The maximum absolute atomic E-state index is 12.0. The molecule has 0 atom stereocenters. The van der Waals surface area contributed by atoms with E-state index in [1.54, 1.807) is 0 Å². The van der Waals surface area contributed by atoms with Crippen LogP contribution in [0.5, 0.6) is 0 Å². The number of nitrogens with two attached hydrogens (primary N) is 2. The van der Waals surface area contributed by atoms with Gasteiger partial charge in [0.25, 0.3) is 5.91 Å². The molecule has 0 saturated carbocycles. The van der Waals surface area contributed by atoms with Crippen molar-refractivity contribution in [3.8, 4) is 0 Å². The van der Waals surface area contributed by atoms with E-state index in [-0.39, 0.29) is 31.5 Å². The Morgan fingerprint density at radius 3 is 2.62 bits per heavy atom. The van der Waals surface area contributed by atoms with Gasteiger partial charge in [0.1, 0.15) is 17.3 Å². The van der Waals surface area contributed by atoms with Crippen LogP contribution in [0.3, 0.4) is 0 Å². The fourth-order valence-electron chi connectivity index (χ4n) is 1.60. The third kappa shape index (κ3) is 5.20. The number of nitrogen functional groups attached to an aromatic ring is 1. The summed E-state index contributed by atoms with van der Waals surface area (Å²) < 4.78 is 4.95. The molecular formula is C12H21N5O3S. The molecule has 21 heavy (non-hydrogen) atoms. The molecule has 9 heteroatoms. The number of hydrogen-bond donors (Lipinski definition) is 3. The van der Waals surface area contributed by atoms with Crippen molar-refractivity contribution in [3.63, 3.8) is 0 Å². The Morgan fingerprint density at radius 2 is 2.05 bits per heavy atom. The van der Waals surface area contributed by atoms with Gasteiger partial charge in [0.05, 0.1) is 6.61 Å². The zero-order chi connectivity index (χ0) is 15.8. The fourth-order valence-corrected chi connectivity index (χ4v) is 2.63. The van der Waals surface area contributed by atoms with Gasteiger partial charge in [-0.1, -0.05) is 11.3 Å². The average Bonchev–Trinajstić information content (AvgIpc) is 2.81. The number of carbonyl (C=O) groups excluding carboxylic acids is 2. The lowest BCUT2D eigenvalue weighted by molar-refractivity contribution is -0.122. The van der Waals surface area contributed by atoms with Gasteiger partial charge in [-0.05, 0) is 13.8 Å². The lowest BCUT2D eigenvalue weighted by atomic mass is 10.4. The maximum Gasteiger partial charge on any atom is 0.265 e. The quantitative estimate of drug-likeness (QED) is 0.542. The number of hydrogen-bond acceptors (Lipinski definition) is 7. The van der Waals surface area contributed by atoms with Gasteiger partial charge in [-0.15, -0.1) is 0 Å². The van der Waals surface area contributed by atoms with Gasteiger partial charge in [0.15, 0.2) is 5.13 Å². The van der Waals surface area contributed by atoms with Gasteiger partial charge in [-0.3, -0.25) is 9.59 Å². The van der Waals surface area contributed by atoms with Crippen LogP contribution in [0.25, 0.3) is 0 Å². The second-order valence-corrected chi connectivity index (χ2v) is 5.14. The number of amides is 2. The van der Waals surface area contributed by atoms with Crippen molar-refractivity contribution in [3.05, 3.63) is 4.88 Å². The standard InChI is InChI=1S/C12H21N5O3S/c1-3-17(4-2)12-16-10(14)9(21-12)11(19)15-5-6-20-7-8(13)18/h3-7,14H2,1-2H3,(H2,13,18)(H,15,19). The summed E-state index contributed by atoms with van der Waals surface area (Å²) in [6.45, 7) is 5.93. The Morgan fingerprint density at radius 1 is 1.38 bits per heavy atom. The molecule has 0 aliphatic carbocycles. The van der Waals surface area contributed by atoms with Gasteiger partial charge in [-0.2, -0.15) is 0 Å². The van der Waals surface area contributed by atoms with Gasteiger partial charge in [-0.25, -0.2) is 4.98 Å². The Hall–Kier alpha value is -1.87. The number of thiazole rings is 1. The lowest BCUT2D eigenvalue weighted by Gasteiger charge is -2.16. The molecule has 5 N–H and O–H groups in total. The Balaban J connectivity index is 2.52. The molecule has 0 aliphatic heterocycles. The highest BCUT2D eigenvalue weighted by Crippen LogP contribution is 2.27. The number of aromatic nitrogens is 1. The number of nitrogens with one attached hydrogen (secondary N) is 1. The van der Waals surface area contributed by atoms with Crippen LogP contribution in [-0.2, 0) is 9.53 Å². The van der Waals surface area contributed by atoms with Crippen molar-refractivity contribution < 1.29 is 14.3 Å². The summed E-state index contributed by atoms with van der Waals surface area (Å²) in [6.07, 6.45) is 0. The monoisotopic (exact) mass is 315 g/mol. The van der Waals surface area contributed by atoms with Crippen LogP contribution in [0.15, 0.2) is 0 Å². The third-order valence-corrected chi connectivity index (χ3v) is 3.79. The van der Waals surface area contributed by atoms with Crippen LogP contribution in [0.4, 0.5) is 10.9 Å². The van der Waals surface area contributed by atoms with Crippen molar-refractivity contribution in [1.82, 2.24) is 10.3 Å². The Kier molecular flexibility index (Phi) is 6.89. The van der Waals surface area contributed by atoms with Crippen LogP contribution < -0.4 is 21.7 Å². The van der Waals surface area contributed by atoms with Crippen LogP contribution in [0.1, 0.15) is 23.5 Å². The molecule has 0 spiro atoms. The normalized spacial score (nSPS) is 10.4. The first-order chi connectivity index (χ1) is 9.99. The van der Waals surface area contributed by atoms with Gasteiger partial charge in [0.2, 0.25) is 5.91 Å². The van der Waals surface area contributed by atoms with E-state index in [2.05, 4.69) is 10.3 Å². The van der Waals surface area contributed by atoms with Crippen molar-refractivity contribution >= 4 is 34.1 Å². The first kappa shape index (κ1) is 17.2. The van der Waals surface area contributed by atoms with Crippen LogP contribution in [0, 0.1) is 0 Å². The van der Waals surface area contributed by atoms with Crippen LogP contribution >= 0.6 is 11.3 Å². The van der Waals surface area contributed by atoms with Crippen LogP contribution in [0.2, 0.25) is 0 Å². The van der Waals surface area contributed by atoms with E-state index >= 15 is 0 Å². The van der Waals surface area contributed by atoms with Gasteiger partial charge < -0.3 is 26.4 Å². The molecule has 8 nitrogen and oxygen atoms in total. The van der Waals surface area contributed by atoms with E-state index in [0.29, 0.717) is 4.88 Å². The summed E-state index contributed by atoms with van der Waals surface area (Å²) in [4.78, 5) is 29.1. The molecule has 118 valence electrons. The summed E-state index contributed by atoms with van der Waals surface area (Å²) in [5.41, 5.74) is 10.7. The molecule has 0 radical (unpaired) electrons. The zero-order valence-electron chi connectivity index (χ0n) is 12.2. The van der Waals surface area contributed by atoms with E-state index in [0.717, 1.165) is 18.2 Å². The molecule has 0 aliphatic rings. The molecule has 1 heterocycles. The Labute approximate surface area is 127 Å². The number of nitrogens with zero attached hydrogens (tertiary/aromatic N) is 2. The molecule has 0 saturated heterocycles. The van der Waals surface area contributed by atoms with Gasteiger partial charge in [0, 0.05) is 19.6 Å². The molecular weight excluding hydrogens is 294 g/mol. The van der Waals surface area contributed by atoms with E-state index in [1.807, 2.05) is 18.7 Å². The summed E-state index contributed by atoms with van der Waals surface area (Å²) in [5.74, 6) is -0.625. The molecule has 0 bridgehead atoms. The summed E-state index contributed by atoms with van der Waals surface area (Å²) in [5, 5.41) is 3.39. The van der Waals surface area contributed by atoms with Crippen molar-refractivity contribution in [2.24, 2.45) is 5.73 Å². The molecule has 0 fully saturated rings. The molecule has 1 aromatic rings. The molecule has 2 amide bonds. The minimum absolute atomic E-state index is 0.162. The highest BCUT2D eigenvalue weighted by molar-refractivity contribution is 7.18. The van der Waals surface area contributed by atoms with E-state index in [1.165, 1.54) is 11.3 Å². The van der Waals surface area contributed by atoms with Crippen LogP contribution in [-0.4, -0.2) is 49.6 Å². The predicted molar refractivity (Wildman–Crippen MR) is 82.4 cm³/mol. The van der Waals surface area contributed by atoms with E-state index in [4.69, 9.17) is 16.2 Å². The highest BCUT2D eigenvalue weighted by Gasteiger charge is 2.18. The molecule has 1 rings (SSSR count). The predicted octanol–water partition coefficient (Wildman–Crippen LogP) is -0.197. The SMILES string of the molecule is CCN(CC)c1nc(N)c(C(=O)NCCOCC(N)=O)s1. The minimum atomic E-state index is -0.545. The Bertz CT molecular complexity index is 487. The van der Waals surface area contributed by atoms with Gasteiger partial charge >= 0.3 is 0 Å². The number of ether oxygens (including phenoxy) is 1. The topological polar surface area (TPSA) is 124 Å². The van der Waals surface area contributed by atoms with E-state index in [9.17, 15) is 9.59 Å². The highest BCUT2D eigenvalue weighted by atomic mass is 32.1. The fraction of sp³-hybridized carbons (Fsp3) is 0.583. The average molecular weight is 315 g/mol. The minimum Gasteiger partial charge on any atom is -0.382 e. The number of rotatable bonds is 9. The number of anilines is 2. The first-order valence-electron chi connectivity index (χ1n) is 6.65. The smallest absolute Gasteiger partial charge is 0.265 e. The van der Waals surface area contributed by atoms with E-state index < -0.39 is 5.91 Å². The van der Waals surface area contributed by atoms with Crippen molar-refractivity contribution in [1.29, 1.82) is 0 Å². The van der Waals surface area contributed by atoms with Crippen molar-refractivity contribution in [2.45, 2.75) is 13.8 Å². The molecule has 0 unspecified atom stereocenters. The third-order valence-electron chi connectivity index (χ3n) is 2.66. The molecule has 1 aromatic heterocycles. The zero-order valence-corrected chi connectivity index (χ0v) is 13.0. The second kappa shape index (κ2) is 8.42. The van der Waals surface area contributed by atoms with Crippen molar-refractivity contribution in [2.75, 3.05) is 43.5 Å².